The zero-order chi connectivity index (χ0) is 13.9. The second kappa shape index (κ2) is 5.48. The minimum Gasteiger partial charge on any atom is -0.368 e. The van der Waals surface area contributed by atoms with Crippen molar-refractivity contribution in [3.05, 3.63) is 30.1 Å². The van der Waals surface area contributed by atoms with Crippen molar-refractivity contribution >= 4 is 11.9 Å². The number of rotatable bonds is 2. The lowest BCUT2D eigenvalue weighted by Gasteiger charge is -2.17. The van der Waals surface area contributed by atoms with Crippen LogP contribution in [-0.2, 0) is 0 Å². The largest absolute Gasteiger partial charge is 0.368 e. The molecule has 6 heteroatoms. The Bertz CT molecular complexity index is 570. The zero-order valence-electron chi connectivity index (χ0n) is 11.3. The Labute approximate surface area is 117 Å². The standard InChI is InChI=1S/C14H18FN5/c15-11-5-7-12(8-6-11)20-13(16)17-14(18-20)19-9-3-1-2-4-10-19/h5-8H,1-4,9-10H2,(H2,16,17,18). The van der Waals surface area contributed by atoms with Crippen molar-refractivity contribution in [2.24, 2.45) is 0 Å². The van der Waals surface area contributed by atoms with Crippen LogP contribution in [0.1, 0.15) is 25.7 Å². The molecule has 0 radical (unpaired) electrons. The van der Waals surface area contributed by atoms with Crippen LogP contribution in [0.15, 0.2) is 24.3 Å². The first-order valence-electron chi connectivity index (χ1n) is 6.97. The van der Waals surface area contributed by atoms with E-state index in [9.17, 15) is 4.39 Å². The van der Waals surface area contributed by atoms with Crippen molar-refractivity contribution in [2.75, 3.05) is 23.7 Å². The Kier molecular flexibility index (Phi) is 3.54. The first kappa shape index (κ1) is 12.9. The number of aromatic nitrogens is 3. The van der Waals surface area contributed by atoms with Gasteiger partial charge in [0.2, 0.25) is 11.9 Å². The number of anilines is 2. The van der Waals surface area contributed by atoms with Gasteiger partial charge in [0.25, 0.3) is 0 Å². The van der Waals surface area contributed by atoms with E-state index in [0.717, 1.165) is 31.6 Å². The van der Waals surface area contributed by atoms with Gasteiger partial charge in [-0.25, -0.2) is 4.39 Å². The summed E-state index contributed by atoms with van der Waals surface area (Å²) in [6, 6.07) is 6.07. The van der Waals surface area contributed by atoms with Gasteiger partial charge in [-0.2, -0.15) is 9.67 Å². The third-order valence-corrected chi connectivity index (χ3v) is 3.58. The molecule has 0 amide bonds. The number of hydrogen-bond donors (Lipinski definition) is 1. The van der Waals surface area contributed by atoms with Crippen LogP contribution in [0.3, 0.4) is 0 Å². The summed E-state index contributed by atoms with van der Waals surface area (Å²) in [7, 11) is 0. The van der Waals surface area contributed by atoms with Crippen LogP contribution < -0.4 is 10.6 Å². The predicted molar refractivity (Wildman–Crippen MR) is 76.4 cm³/mol. The van der Waals surface area contributed by atoms with E-state index in [1.807, 2.05) is 0 Å². The summed E-state index contributed by atoms with van der Waals surface area (Å²) in [6.45, 7) is 1.93. The van der Waals surface area contributed by atoms with Crippen molar-refractivity contribution in [2.45, 2.75) is 25.7 Å². The molecule has 20 heavy (non-hydrogen) atoms. The molecule has 2 aromatic rings. The maximum Gasteiger partial charge on any atom is 0.246 e. The molecule has 1 aliphatic rings. The van der Waals surface area contributed by atoms with Gasteiger partial charge in [-0.05, 0) is 37.1 Å². The average molecular weight is 275 g/mol. The highest BCUT2D eigenvalue weighted by molar-refractivity contribution is 5.43. The fourth-order valence-electron chi connectivity index (χ4n) is 2.49. The Balaban J connectivity index is 1.88. The number of nitrogen functional groups attached to an aromatic ring is 1. The molecule has 0 aliphatic carbocycles. The van der Waals surface area contributed by atoms with Crippen LogP contribution in [0.2, 0.25) is 0 Å². The molecule has 1 fully saturated rings. The second-order valence-corrected chi connectivity index (χ2v) is 5.06. The van der Waals surface area contributed by atoms with Crippen molar-refractivity contribution in [3.63, 3.8) is 0 Å². The highest BCUT2D eigenvalue weighted by atomic mass is 19.1. The average Bonchev–Trinajstić information content (AvgIpc) is 2.66. The number of halogens is 1. The van der Waals surface area contributed by atoms with E-state index < -0.39 is 0 Å². The number of nitrogens with zero attached hydrogens (tertiary/aromatic N) is 4. The topological polar surface area (TPSA) is 60.0 Å². The normalized spacial score (nSPS) is 16.1. The van der Waals surface area contributed by atoms with Gasteiger partial charge < -0.3 is 10.6 Å². The molecule has 1 saturated heterocycles. The van der Waals surface area contributed by atoms with E-state index in [2.05, 4.69) is 15.0 Å². The molecular formula is C14H18FN5. The Morgan fingerprint density at radius 3 is 2.30 bits per heavy atom. The van der Waals surface area contributed by atoms with E-state index in [1.165, 1.54) is 25.0 Å². The van der Waals surface area contributed by atoms with Crippen molar-refractivity contribution in [1.29, 1.82) is 0 Å². The van der Waals surface area contributed by atoms with Crippen molar-refractivity contribution in [1.82, 2.24) is 14.8 Å². The lowest BCUT2D eigenvalue weighted by Crippen LogP contribution is -2.25. The molecular weight excluding hydrogens is 257 g/mol. The molecule has 0 atom stereocenters. The summed E-state index contributed by atoms with van der Waals surface area (Å²) in [4.78, 5) is 6.51. The van der Waals surface area contributed by atoms with Gasteiger partial charge in [0.05, 0.1) is 5.69 Å². The summed E-state index contributed by atoms with van der Waals surface area (Å²) in [6.07, 6.45) is 4.82. The van der Waals surface area contributed by atoms with E-state index in [-0.39, 0.29) is 5.82 Å². The van der Waals surface area contributed by atoms with Gasteiger partial charge in [-0.15, -0.1) is 5.10 Å². The molecule has 0 bridgehead atoms. The molecule has 2 heterocycles. The Morgan fingerprint density at radius 2 is 1.65 bits per heavy atom. The van der Waals surface area contributed by atoms with Crippen LogP contribution in [0.25, 0.3) is 5.69 Å². The summed E-state index contributed by atoms with van der Waals surface area (Å²) in [5.41, 5.74) is 6.65. The smallest absolute Gasteiger partial charge is 0.246 e. The minimum absolute atomic E-state index is 0.278. The lowest BCUT2D eigenvalue weighted by molar-refractivity contribution is 0.627. The van der Waals surface area contributed by atoms with Gasteiger partial charge in [-0.1, -0.05) is 12.8 Å². The first-order valence-corrected chi connectivity index (χ1v) is 6.97. The van der Waals surface area contributed by atoms with Crippen LogP contribution >= 0.6 is 0 Å². The molecule has 0 unspecified atom stereocenters. The molecule has 5 nitrogen and oxygen atoms in total. The van der Waals surface area contributed by atoms with Crippen LogP contribution in [-0.4, -0.2) is 27.9 Å². The first-order chi connectivity index (χ1) is 9.74. The summed E-state index contributed by atoms with van der Waals surface area (Å²) in [5, 5.41) is 4.46. The number of benzene rings is 1. The SMILES string of the molecule is Nc1nc(N2CCCCCC2)nn1-c1ccc(F)cc1. The Morgan fingerprint density at radius 1 is 1.00 bits per heavy atom. The minimum atomic E-state index is -0.278. The fourth-order valence-corrected chi connectivity index (χ4v) is 2.49. The molecule has 0 spiro atoms. The quantitative estimate of drug-likeness (QED) is 0.914. The molecule has 1 aromatic heterocycles. The Hall–Kier alpha value is -2.11. The van der Waals surface area contributed by atoms with Crippen molar-refractivity contribution < 1.29 is 4.39 Å². The van der Waals surface area contributed by atoms with Crippen LogP contribution in [0.5, 0.6) is 0 Å². The maximum absolute atomic E-state index is 13.0. The molecule has 106 valence electrons. The molecule has 2 N–H and O–H groups in total. The van der Waals surface area contributed by atoms with E-state index in [4.69, 9.17) is 5.73 Å². The van der Waals surface area contributed by atoms with E-state index >= 15 is 0 Å². The van der Waals surface area contributed by atoms with Gasteiger partial charge >= 0.3 is 0 Å². The fraction of sp³-hybridized carbons (Fsp3) is 0.429. The summed E-state index contributed by atoms with van der Waals surface area (Å²) < 4.78 is 14.5. The van der Waals surface area contributed by atoms with Gasteiger partial charge in [0, 0.05) is 13.1 Å². The third kappa shape index (κ3) is 2.59. The zero-order valence-corrected chi connectivity index (χ0v) is 11.3. The predicted octanol–water partition coefficient (Wildman–Crippen LogP) is 2.37. The monoisotopic (exact) mass is 275 g/mol. The highest BCUT2D eigenvalue weighted by Crippen LogP contribution is 2.19. The summed E-state index contributed by atoms with van der Waals surface area (Å²) >= 11 is 0. The summed E-state index contributed by atoms with van der Waals surface area (Å²) in [5.74, 6) is 0.713. The van der Waals surface area contributed by atoms with Gasteiger partial charge in [0.15, 0.2) is 0 Å². The lowest BCUT2D eigenvalue weighted by atomic mass is 10.2. The number of nitrogens with two attached hydrogens (primary N) is 1. The van der Waals surface area contributed by atoms with Gasteiger partial charge in [0.1, 0.15) is 5.82 Å². The molecule has 1 aliphatic heterocycles. The molecule has 3 rings (SSSR count). The van der Waals surface area contributed by atoms with E-state index in [0.29, 0.717) is 11.9 Å². The van der Waals surface area contributed by atoms with Gasteiger partial charge in [-0.3, -0.25) is 0 Å². The van der Waals surface area contributed by atoms with E-state index in [1.54, 1.807) is 16.8 Å². The molecule has 0 saturated carbocycles. The second-order valence-electron chi connectivity index (χ2n) is 5.06. The van der Waals surface area contributed by atoms with Crippen molar-refractivity contribution in [3.8, 4) is 5.69 Å². The number of hydrogen-bond acceptors (Lipinski definition) is 4. The van der Waals surface area contributed by atoms with Crippen LogP contribution in [0.4, 0.5) is 16.3 Å². The molecule has 1 aromatic carbocycles. The third-order valence-electron chi connectivity index (χ3n) is 3.58. The maximum atomic E-state index is 13.0. The van der Waals surface area contributed by atoms with Crippen LogP contribution in [0, 0.1) is 5.82 Å². The highest BCUT2D eigenvalue weighted by Gasteiger charge is 2.16.